The van der Waals surface area contributed by atoms with E-state index < -0.39 is 5.97 Å². The van der Waals surface area contributed by atoms with Crippen LogP contribution in [0.25, 0.3) is 0 Å². The van der Waals surface area contributed by atoms with Gasteiger partial charge in [-0.1, -0.05) is 0 Å². The number of nitrogens with zero attached hydrogens (tertiary/aromatic N) is 1. The van der Waals surface area contributed by atoms with Crippen LogP contribution in [0.3, 0.4) is 0 Å². The second-order valence-corrected chi connectivity index (χ2v) is 4.40. The maximum absolute atomic E-state index is 12.0. The predicted molar refractivity (Wildman–Crippen MR) is 76.3 cm³/mol. The Morgan fingerprint density at radius 1 is 1.24 bits per heavy atom. The van der Waals surface area contributed by atoms with E-state index in [1.807, 2.05) is 0 Å². The van der Waals surface area contributed by atoms with Crippen molar-refractivity contribution in [2.45, 2.75) is 20.8 Å². The third-order valence-corrected chi connectivity index (χ3v) is 2.76. The molecule has 0 unspecified atom stereocenters. The van der Waals surface area contributed by atoms with E-state index >= 15 is 0 Å². The zero-order valence-corrected chi connectivity index (χ0v) is 12.1. The number of aryl methyl sites for hydroxylation is 2. The van der Waals surface area contributed by atoms with E-state index in [9.17, 15) is 9.59 Å². The smallest absolute Gasteiger partial charge is 0.338 e. The first kappa shape index (κ1) is 14.8. The molecule has 110 valence electrons. The SMILES string of the molecule is CCOC(=O)c1ccc(NC(=O)c2oc(C)nc2C)cc1. The molecule has 21 heavy (non-hydrogen) atoms. The molecule has 1 aromatic carbocycles. The topological polar surface area (TPSA) is 81.4 Å². The Balaban J connectivity index is 2.08. The number of ether oxygens (including phenoxy) is 1. The van der Waals surface area contributed by atoms with Gasteiger partial charge in [-0.3, -0.25) is 4.79 Å². The average molecular weight is 288 g/mol. The lowest BCUT2D eigenvalue weighted by Crippen LogP contribution is -2.12. The first-order valence-corrected chi connectivity index (χ1v) is 6.53. The van der Waals surface area contributed by atoms with Crippen molar-refractivity contribution in [1.82, 2.24) is 4.98 Å². The Kier molecular flexibility index (Phi) is 4.37. The molecule has 1 aromatic heterocycles. The minimum absolute atomic E-state index is 0.182. The van der Waals surface area contributed by atoms with Gasteiger partial charge in [-0.05, 0) is 38.1 Å². The van der Waals surface area contributed by atoms with E-state index in [1.54, 1.807) is 45.0 Å². The molecule has 6 nitrogen and oxygen atoms in total. The molecule has 0 fully saturated rings. The number of benzene rings is 1. The molecule has 0 spiro atoms. The number of aromatic nitrogens is 1. The number of hydrogen-bond donors (Lipinski definition) is 1. The Bertz CT molecular complexity index is 659. The van der Waals surface area contributed by atoms with Crippen LogP contribution in [-0.2, 0) is 4.74 Å². The quantitative estimate of drug-likeness (QED) is 0.875. The predicted octanol–water partition coefficient (Wildman–Crippen LogP) is 2.72. The summed E-state index contributed by atoms with van der Waals surface area (Å²) in [6.45, 7) is 5.45. The molecular formula is C15H16N2O4. The van der Waals surface area contributed by atoms with Gasteiger partial charge in [-0.15, -0.1) is 0 Å². The van der Waals surface area contributed by atoms with Gasteiger partial charge in [0.1, 0.15) is 0 Å². The summed E-state index contributed by atoms with van der Waals surface area (Å²) in [5.41, 5.74) is 1.52. The van der Waals surface area contributed by atoms with E-state index in [4.69, 9.17) is 9.15 Å². The van der Waals surface area contributed by atoms with Crippen molar-refractivity contribution in [1.29, 1.82) is 0 Å². The van der Waals surface area contributed by atoms with Gasteiger partial charge in [0, 0.05) is 12.6 Å². The molecule has 0 saturated carbocycles. The molecule has 1 amide bonds. The fraction of sp³-hybridized carbons (Fsp3) is 0.267. The lowest BCUT2D eigenvalue weighted by Gasteiger charge is -2.05. The molecule has 0 aliphatic rings. The molecule has 2 aromatic rings. The molecule has 2 rings (SSSR count). The van der Waals surface area contributed by atoms with Crippen molar-refractivity contribution in [3.8, 4) is 0 Å². The second-order valence-electron chi connectivity index (χ2n) is 4.40. The first-order valence-electron chi connectivity index (χ1n) is 6.53. The van der Waals surface area contributed by atoms with Gasteiger partial charge in [0.05, 0.1) is 17.9 Å². The summed E-state index contributed by atoms with van der Waals surface area (Å²) in [6, 6.07) is 6.43. The van der Waals surface area contributed by atoms with Crippen molar-refractivity contribution >= 4 is 17.6 Å². The van der Waals surface area contributed by atoms with Gasteiger partial charge in [0.25, 0.3) is 5.91 Å². The van der Waals surface area contributed by atoms with Gasteiger partial charge < -0.3 is 14.5 Å². The van der Waals surface area contributed by atoms with Crippen LogP contribution in [0.5, 0.6) is 0 Å². The highest BCUT2D eigenvalue weighted by Gasteiger charge is 2.16. The highest BCUT2D eigenvalue weighted by atomic mass is 16.5. The molecule has 0 bridgehead atoms. The highest BCUT2D eigenvalue weighted by molar-refractivity contribution is 6.03. The van der Waals surface area contributed by atoms with Crippen molar-refractivity contribution < 1.29 is 18.7 Å². The van der Waals surface area contributed by atoms with E-state index in [-0.39, 0.29) is 11.7 Å². The van der Waals surface area contributed by atoms with Crippen LogP contribution >= 0.6 is 0 Å². The third-order valence-electron chi connectivity index (χ3n) is 2.76. The number of oxazole rings is 1. The fourth-order valence-corrected chi connectivity index (χ4v) is 1.83. The van der Waals surface area contributed by atoms with Crippen LogP contribution in [-0.4, -0.2) is 23.5 Å². The van der Waals surface area contributed by atoms with Gasteiger partial charge in [0.2, 0.25) is 5.76 Å². The summed E-state index contributed by atoms with van der Waals surface area (Å²) in [7, 11) is 0. The monoisotopic (exact) mass is 288 g/mol. The van der Waals surface area contributed by atoms with Crippen molar-refractivity contribution in [3.63, 3.8) is 0 Å². The van der Waals surface area contributed by atoms with Crippen LogP contribution < -0.4 is 5.32 Å². The van der Waals surface area contributed by atoms with Crippen molar-refractivity contribution in [2.75, 3.05) is 11.9 Å². The van der Waals surface area contributed by atoms with Gasteiger partial charge in [-0.2, -0.15) is 0 Å². The summed E-state index contributed by atoms with van der Waals surface area (Å²) >= 11 is 0. The maximum Gasteiger partial charge on any atom is 0.338 e. The van der Waals surface area contributed by atoms with E-state index in [0.29, 0.717) is 29.4 Å². The molecule has 0 aliphatic carbocycles. The Hall–Kier alpha value is -2.63. The third kappa shape index (κ3) is 3.47. The zero-order chi connectivity index (χ0) is 15.4. The van der Waals surface area contributed by atoms with E-state index in [2.05, 4.69) is 10.3 Å². The fourth-order valence-electron chi connectivity index (χ4n) is 1.83. The zero-order valence-electron chi connectivity index (χ0n) is 12.1. The molecule has 0 saturated heterocycles. The number of anilines is 1. The molecule has 0 radical (unpaired) electrons. The minimum atomic E-state index is -0.392. The molecule has 6 heteroatoms. The molecule has 1 heterocycles. The number of hydrogen-bond acceptors (Lipinski definition) is 5. The Morgan fingerprint density at radius 3 is 2.43 bits per heavy atom. The number of carbonyl (C=O) groups excluding carboxylic acids is 2. The average Bonchev–Trinajstić information content (AvgIpc) is 2.79. The second kappa shape index (κ2) is 6.21. The number of esters is 1. The summed E-state index contributed by atoms with van der Waals surface area (Å²) in [4.78, 5) is 27.6. The number of carbonyl (C=O) groups is 2. The molecule has 0 aliphatic heterocycles. The van der Waals surface area contributed by atoms with Gasteiger partial charge in [-0.25, -0.2) is 9.78 Å². The molecule has 0 atom stereocenters. The summed E-state index contributed by atoms with van der Waals surface area (Å²) in [6.07, 6.45) is 0. The maximum atomic E-state index is 12.0. The van der Waals surface area contributed by atoms with Gasteiger partial charge in [0.15, 0.2) is 5.89 Å². The lowest BCUT2D eigenvalue weighted by molar-refractivity contribution is 0.0526. The normalized spacial score (nSPS) is 10.2. The van der Waals surface area contributed by atoms with Crippen LogP contribution in [0.4, 0.5) is 5.69 Å². The van der Waals surface area contributed by atoms with Crippen LogP contribution in [0.15, 0.2) is 28.7 Å². The van der Waals surface area contributed by atoms with Crippen LogP contribution in [0, 0.1) is 13.8 Å². The van der Waals surface area contributed by atoms with Crippen LogP contribution in [0.2, 0.25) is 0 Å². The van der Waals surface area contributed by atoms with Crippen molar-refractivity contribution in [2.24, 2.45) is 0 Å². The Morgan fingerprint density at radius 2 is 1.90 bits per heavy atom. The van der Waals surface area contributed by atoms with Crippen LogP contribution in [0.1, 0.15) is 39.4 Å². The summed E-state index contributed by atoms with van der Waals surface area (Å²) in [5.74, 6) is -0.147. The first-order chi connectivity index (χ1) is 10.0. The number of amides is 1. The molecule has 1 N–H and O–H groups in total. The van der Waals surface area contributed by atoms with E-state index in [0.717, 1.165) is 0 Å². The number of rotatable bonds is 4. The minimum Gasteiger partial charge on any atom is -0.462 e. The lowest BCUT2D eigenvalue weighted by atomic mass is 10.2. The Labute approximate surface area is 122 Å². The number of nitrogens with one attached hydrogen (secondary N) is 1. The summed E-state index contributed by atoms with van der Waals surface area (Å²) < 4.78 is 10.1. The molecular weight excluding hydrogens is 272 g/mol. The summed E-state index contributed by atoms with van der Waals surface area (Å²) in [5, 5.41) is 2.69. The highest BCUT2D eigenvalue weighted by Crippen LogP contribution is 2.15. The van der Waals surface area contributed by atoms with Gasteiger partial charge >= 0.3 is 5.97 Å². The van der Waals surface area contributed by atoms with Crippen molar-refractivity contribution in [3.05, 3.63) is 47.2 Å². The largest absolute Gasteiger partial charge is 0.462 e. The van der Waals surface area contributed by atoms with E-state index in [1.165, 1.54) is 0 Å². The standard InChI is InChI=1S/C15H16N2O4/c1-4-20-15(19)11-5-7-12(8-6-11)17-14(18)13-9(2)16-10(3)21-13/h5-8H,4H2,1-3H3,(H,17,18).